The molecule has 1 aliphatic heterocycles. The lowest BCUT2D eigenvalue weighted by Crippen LogP contribution is -2.31. The first-order valence-corrected chi connectivity index (χ1v) is 8.30. The van der Waals surface area contributed by atoms with E-state index in [1.165, 1.54) is 22.4 Å². The van der Waals surface area contributed by atoms with Crippen molar-refractivity contribution in [3.05, 3.63) is 58.7 Å². The Labute approximate surface area is 133 Å². The SMILES string of the molecule is CCc1ncc2c(n1)CN(Cc1ccc(C(C)C)cc1)CC2. The smallest absolute Gasteiger partial charge is 0.128 e. The van der Waals surface area contributed by atoms with Gasteiger partial charge in [0.05, 0.1) is 5.69 Å². The summed E-state index contributed by atoms with van der Waals surface area (Å²) in [5, 5.41) is 0. The minimum absolute atomic E-state index is 0.597. The molecule has 0 spiro atoms. The van der Waals surface area contributed by atoms with Gasteiger partial charge in [-0.3, -0.25) is 4.90 Å². The van der Waals surface area contributed by atoms with E-state index in [4.69, 9.17) is 4.98 Å². The average Bonchev–Trinajstić information content (AvgIpc) is 2.54. The number of aryl methyl sites for hydroxylation is 1. The largest absolute Gasteiger partial charge is 0.293 e. The quantitative estimate of drug-likeness (QED) is 0.861. The van der Waals surface area contributed by atoms with Gasteiger partial charge in [-0.25, -0.2) is 9.97 Å². The van der Waals surface area contributed by atoms with E-state index < -0.39 is 0 Å². The van der Waals surface area contributed by atoms with E-state index in [9.17, 15) is 0 Å². The summed E-state index contributed by atoms with van der Waals surface area (Å²) in [4.78, 5) is 11.6. The highest BCUT2D eigenvalue weighted by molar-refractivity contribution is 5.25. The Hall–Kier alpha value is -1.74. The summed E-state index contributed by atoms with van der Waals surface area (Å²) >= 11 is 0. The van der Waals surface area contributed by atoms with E-state index in [2.05, 4.69) is 54.9 Å². The van der Waals surface area contributed by atoms with E-state index in [1.54, 1.807) is 0 Å². The fraction of sp³-hybridized carbons (Fsp3) is 0.474. The highest BCUT2D eigenvalue weighted by Crippen LogP contribution is 2.20. The average molecular weight is 295 g/mol. The summed E-state index contributed by atoms with van der Waals surface area (Å²) in [7, 11) is 0. The lowest BCUT2D eigenvalue weighted by molar-refractivity contribution is 0.240. The molecule has 0 radical (unpaired) electrons. The van der Waals surface area contributed by atoms with Crippen molar-refractivity contribution >= 4 is 0 Å². The van der Waals surface area contributed by atoms with Crippen molar-refractivity contribution in [3.8, 4) is 0 Å². The number of aromatic nitrogens is 2. The van der Waals surface area contributed by atoms with E-state index in [1.807, 2.05) is 6.20 Å². The summed E-state index contributed by atoms with van der Waals surface area (Å²) in [6, 6.07) is 9.05. The number of nitrogens with zero attached hydrogens (tertiary/aromatic N) is 3. The zero-order valence-corrected chi connectivity index (χ0v) is 13.8. The molecule has 1 aromatic heterocycles. The molecule has 0 N–H and O–H groups in total. The van der Waals surface area contributed by atoms with Crippen LogP contribution in [-0.4, -0.2) is 21.4 Å². The molecular formula is C19H25N3. The van der Waals surface area contributed by atoms with Crippen molar-refractivity contribution in [1.82, 2.24) is 14.9 Å². The summed E-state index contributed by atoms with van der Waals surface area (Å²) in [6.07, 6.45) is 3.99. The van der Waals surface area contributed by atoms with Crippen molar-refractivity contribution in [1.29, 1.82) is 0 Å². The van der Waals surface area contributed by atoms with Gasteiger partial charge in [-0.05, 0) is 29.0 Å². The third-order valence-electron chi connectivity index (χ3n) is 4.44. The Morgan fingerprint density at radius 3 is 2.64 bits per heavy atom. The molecule has 3 rings (SSSR count). The zero-order valence-electron chi connectivity index (χ0n) is 13.8. The predicted molar refractivity (Wildman–Crippen MR) is 89.8 cm³/mol. The predicted octanol–water partition coefficient (Wildman–Crippen LogP) is 3.72. The second kappa shape index (κ2) is 6.57. The maximum Gasteiger partial charge on any atom is 0.128 e. The molecule has 1 aliphatic rings. The van der Waals surface area contributed by atoms with Gasteiger partial charge in [-0.2, -0.15) is 0 Å². The van der Waals surface area contributed by atoms with Crippen molar-refractivity contribution < 1.29 is 0 Å². The standard InChI is InChI=1S/C19H25N3/c1-4-19-20-11-17-9-10-22(13-18(17)21-19)12-15-5-7-16(8-6-15)14(2)3/h5-8,11,14H,4,9-10,12-13H2,1-3H3. The molecule has 0 saturated heterocycles. The molecule has 2 heterocycles. The number of fused-ring (bicyclic) bond motifs is 1. The van der Waals surface area contributed by atoms with Gasteiger partial charge in [0, 0.05) is 32.3 Å². The van der Waals surface area contributed by atoms with Gasteiger partial charge >= 0.3 is 0 Å². The molecule has 2 aromatic rings. The fourth-order valence-electron chi connectivity index (χ4n) is 2.97. The zero-order chi connectivity index (χ0) is 15.5. The maximum atomic E-state index is 4.71. The molecule has 116 valence electrons. The van der Waals surface area contributed by atoms with Gasteiger partial charge < -0.3 is 0 Å². The molecule has 3 heteroatoms. The second-order valence-corrected chi connectivity index (χ2v) is 6.47. The minimum Gasteiger partial charge on any atom is -0.293 e. The van der Waals surface area contributed by atoms with Crippen LogP contribution in [0.1, 0.15) is 54.9 Å². The van der Waals surface area contributed by atoms with Gasteiger partial charge in [0.15, 0.2) is 0 Å². The Balaban J connectivity index is 1.69. The maximum absolute atomic E-state index is 4.71. The third kappa shape index (κ3) is 3.36. The van der Waals surface area contributed by atoms with Crippen LogP contribution in [0.2, 0.25) is 0 Å². The van der Waals surface area contributed by atoms with Crippen molar-refractivity contribution in [3.63, 3.8) is 0 Å². The van der Waals surface area contributed by atoms with Gasteiger partial charge in [0.1, 0.15) is 5.82 Å². The normalized spacial score (nSPS) is 15.1. The third-order valence-corrected chi connectivity index (χ3v) is 4.44. The highest BCUT2D eigenvalue weighted by atomic mass is 15.1. The Morgan fingerprint density at radius 1 is 1.18 bits per heavy atom. The van der Waals surface area contributed by atoms with Crippen molar-refractivity contribution in [2.45, 2.75) is 52.6 Å². The van der Waals surface area contributed by atoms with Crippen LogP contribution in [-0.2, 0) is 25.9 Å². The first-order valence-electron chi connectivity index (χ1n) is 8.30. The summed E-state index contributed by atoms with van der Waals surface area (Å²) in [6.45, 7) is 9.62. The molecule has 0 bridgehead atoms. The van der Waals surface area contributed by atoms with E-state index in [0.29, 0.717) is 5.92 Å². The van der Waals surface area contributed by atoms with Gasteiger partial charge in [0.2, 0.25) is 0 Å². The molecule has 1 aromatic carbocycles. The van der Waals surface area contributed by atoms with E-state index in [0.717, 1.165) is 38.3 Å². The number of benzene rings is 1. The minimum atomic E-state index is 0.597. The van der Waals surface area contributed by atoms with E-state index >= 15 is 0 Å². The lowest BCUT2D eigenvalue weighted by Gasteiger charge is -2.28. The van der Waals surface area contributed by atoms with Crippen LogP contribution in [0, 0.1) is 0 Å². The Morgan fingerprint density at radius 2 is 1.95 bits per heavy atom. The number of hydrogen-bond acceptors (Lipinski definition) is 3. The van der Waals surface area contributed by atoms with Crippen molar-refractivity contribution in [2.75, 3.05) is 6.54 Å². The van der Waals surface area contributed by atoms with Crippen LogP contribution < -0.4 is 0 Å². The number of hydrogen-bond donors (Lipinski definition) is 0. The van der Waals surface area contributed by atoms with Crippen LogP contribution >= 0.6 is 0 Å². The fourth-order valence-corrected chi connectivity index (χ4v) is 2.97. The molecule has 0 saturated carbocycles. The summed E-state index contributed by atoms with van der Waals surface area (Å²) in [5.74, 6) is 1.56. The number of rotatable bonds is 4. The Kier molecular flexibility index (Phi) is 4.53. The lowest BCUT2D eigenvalue weighted by atomic mass is 10.0. The molecule has 0 aliphatic carbocycles. The highest BCUT2D eigenvalue weighted by Gasteiger charge is 2.18. The van der Waals surface area contributed by atoms with Crippen LogP contribution in [0.15, 0.2) is 30.5 Å². The van der Waals surface area contributed by atoms with Crippen LogP contribution in [0.25, 0.3) is 0 Å². The van der Waals surface area contributed by atoms with E-state index in [-0.39, 0.29) is 0 Å². The van der Waals surface area contributed by atoms with Crippen LogP contribution in [0.4, 0.5) is 0 Å². The monoisotopic (exact) mass is 295 g/mol. The topological polar surface area (TPSA) is 29.0 Å². The molecule has 0 atom stereocenters. The van der Waals surface area contributed by atoms with Gasteiger partial charge in [-0.15, -0.1) is 0 Å². The summed E-state index contributed by atoms with van der Waals surface area (Å²) in [5.41, 5.74) is 5.34. The van der Waals surface area contributed by atoms with Crippen LogP contribution in [0.3, 0.4) is 0 Å². The molecule has 0 unspecified atom stereocenters. The first-order chi connectivity index (χ1) is 10.7. The molecule has 22 heavy (non-hydrogen) atoms. The van der Waals surface area contributed by atoms with Crippen LogP contribution in [0.5, 0.6) is 0 Å². The second-order valence-electron chi connectivity index (χ2n) is 6.47. The van der Waals surface area contributed by atoms with Gasteiger partial charge in [0.25, 0.3) is 0 Å². The molecule has 3 nitrogen and oxygen atoms in total. The molecule has 0 fully saturated rings. The Bertz CT molecular complexity index is 632. The first kappa shape index (κ1) is 15.2. The molecule has 0 amide bonds. The van der Waals surface area contributed by atoms with Crippen molar-refractivity contribution in [2.24, 2.45) is 0 Å². The molecular weight excluding hydrogens is 270 g/mol. The van der Waals surface area contributed by atoms with Gasteiger partial charge in [-0.1, -0.05) is 45.0 Å². The summed E-state index contributed by atoms with van der Waals surface area (Å²) < 4.78 is 0.